The van der Waals surface area contributed by atoms with Gasteiger partial charge in [0.05, 0.1) is 12.2 Å². The number of unbranched alkanes of at least 4 members (excludes halogenated alkanes) is 1. The first-order valence-corrected chi connectivity index (χ1v) is 11.0. The summed E-state index contributed by atoms with van der Waals surface area (Å²) in [6, 6.07) is 14.2. The van der Waals surface area contributed by atoms with Gasteiger partial charge in [0.1, 0.15) is 5.75 Å². The van der Waals surface area contributed by atoms with Crippen molar-refractivity contribution in [2.24, 2.45) is 0 Å². The molecule has 0 saturated heterocycles. The fourth-order valence-electron chi connectivity index (χ4n) is 3.92. The number of ether oxygens (including phenoxy) is 1. The lowest BCUT2D eigenvalue weighted by Gasteiger charge is -2.10. The Balaban J connectivity index is 1.97. The number of carbonyl (C=O) groups is 2. The highest BCUT2D eigenvalue weighted by Gasteiger charge is 2.24. The molecule has 0 aliphatic carbocycles. The molecule has 174 valence electrons. The number of hydrogen-bond donors (Lipinski definition) is 2. The van der Waals surface area contributed by atoms with Crippen LogP contribution in [0.5, 0.6) is 5.75 Å². The molecule has 0 fully saturated rings. The number of nitrogens with zero attached hydrogens (tertiary/aromatic N) is 2. The van der Waals surface area contributed by atoms with Gasteiger partial charge in [-0.25, -0.2) is 14.4 Å². The summed E-state index contributed by atoms with van der Waals surface area (Å²) in [7, 11) is 0. The first-order valence-electron chi connectivity index (χ1n) is 11.0. The number of hydrogen-bond acceptors (Lipinski definition) is 4. The quantitative estimate of drug-likeness (QED) is 0.335. The molecule has 33 heavy (non-hydrogen) atoms. The molecule has 2 aromatic carbocycles. The molecule has 0 radical (unpaired) electrons. The van der Waals surface area contributed by atoms with Gasteiger partial charge >= 0.3 is 17.8 Å². The van der Waals surface area contributed by atoms with Crippen LogP contribution in [-0.2, 0) is 19.5 Å². The van der Waals surface area contributed by atoms with Crippen molar-refractivity contribution in [3.05, 3.63) is 76.0 Å². The summed E-state index contributed by atoms with van der Waals surface area (Å²) < 4.78 is 7.80. The van der Waals surface area contributed by atoms with E-state index in [0.717, 1.165) is 30.4 Å². The Kier molecular flexibility index (Phi) is 7.71. The normalized spacial score (nSPS) is 10.8. The van der Waals surface area contributed by atoms with Crippen molar-refractivity contribution >= 4 is 12.1 Å². The van der Waals surface area contributed by atoms with Crippen LogP contribution in [-0.4, -0.2) is 31.5 Å². The lowest BCUT2D eigenvalue weighted by molar-refractivity contribution is 0.0682. The molecule has 0 aliphatic rings. The van der Waals surface area contributed by atoms with Gasteiger partial charge in [-0.2, -0.15) is 0 Å². The predicted molar refractivity (Wildman–Crippen MR) is 124 cm³/mol. The first kappa shape index (κ1) is 23.8. The van der Waals surface area contributed by atoms with E-state index in [2.05, 4.69) is 0 Å². The van der Waals surface area contributed by atoms with Crippen LogP contribution in [0.2, 0.25) is 0 Å². The SMILES string of the molecule is CCCCn1c(C(=O)O)c(CCC)n(Cc2ccc(-c3ccccc3OC(=O)O)cc2)c1=O. The van der Waals surface area contributed by atoms with E-state index in [-0.39, 0.29) is 23.7 Å². The van der Waals surface area contributed by atoms with Crippen LogP contribution in [0.3, 0.4) is 0 Å². The second kappa shape index (κ2) is 10.7. The molecule has 0 atom stereocenters. The van der Waals surface area contributed by atoms with Crippen LogP contribution in [0.15, 0.2) is 53.3 Å². The van der Waals surface area contributed by atoms with Crippen LogP contribution in [0, 0.1) is 0 Å². The molecule has 1 heterocycles. The Morgan fingerprint density at radius 1 is 0.939 bits per heavy atom. The van der Waals surface area contributed by atoms with Gasteiger partial charge < -0.3 is 14.9 Å². The number of aromatic carboxylic acids is 1. The topological polar surface area (TPSA) is 111 Å². The smallest absolute Gasteiger partial charge is 0.477 e. The molecule has 0 saturated carbocycles. The largest absolute Gasteiger partial charge is 0.511 e. The Morgan fingerprint density at radius 3 is 2.24 bits per heavy atom. The molecule has 0 bridgehead atoms. The van der Waals surface area contributed by atoms with Crippen molar-refractivity contribution in [2.45, 2.75) is 52.6 Å². The van der Waals surface area contributed by atoms with Gasteiger partial charge in [-0.1, -0.05) is 69.2 Å². The molecule has 3 rings (SSSR count). The summed E-state index contributed by atoms with van der Waals surface area (Å²) in [6.45, 7) is 4.58. The van der Waals surface area contributed by atoms with Gasteiger partial charge in [-0.05, 0) is 30.0 Å². The summed E-state index contributed by atoms with van der Waals surface area (Å²) in [5, 5.41) is 18.8. The first-order chi connectivity index (χ1) is 15.9. The van der Waals surface area contributed by atoms with Crippen LogP contribution in [0.25, 0.3) is 11.1 Å². The summed E-state index contributed by atoms with van der Waals surface area (Å²) in [5.74, 6) is -0.853. The number of imidazole rings is 1. The standard InChI is InChI=1S/C25H28N2O6/c1-3-5-15-26-22(23(28)29)20(8-4-2)27(24(26)30)16-17-11-13-18(14-12-17)19-9-6-7-10-21(19)33-25(31)32/h6-7,9-14H,3-5,8,15-16H2,1-2H3,(H,28,29)(H,31,32). The fraction of sp³-hybridized carbons (Fsp3) is 0.320. The van der Waals surface area contributed by atoms with Gasteiger partial charge in [0.15, 0.2) is 5.69 Å². The predicted octanol–water partition coefficient (Wildman–Crippen LogP) is 4.87. The molecule has 3 aromatic rings. The van der Waals surface area contributed by atoms with Crippen molar-refractivity contribution in [2.75, 3.05) is 0 Å². The molecule has 0 amide bonds. The van der Waals surface area contributed by atoms with E-state index in [0.29, 0.717) is 24.2 Å². The highest BCUT2D eigenvalue weighted by molar-refractivity contribution is 5.87. The van der Waals surface area contributed by atoms with E-state index in [4.69, 9.17) is 9.84 Å². The van der Waals surface area contributed by atoms with Crippen LogP contribution in [0.4, 0.5) is 4.79 Å². The van der Waals surface area contributed by atoms with Gasteiger partial charge in [-0.15, -0.1) is 0 Å². The molecule has 0 aliphatic heterocycles. The average molecular weight is 453 g/mol. The van der Waals surface area contributed by atoms with Gasteiger partial charge in [0.2, 0.25) is 0 Å². The van der Waals surface area contributed by atoms with E-state index in [1.54, 1.807) is 28.8 Å². The highest BCUT2D eigenvalue weighted by Crippen LogP contribution is 2.30. The Hall–Kier alpha value is -3.81. The minimum Gasteiger partial charge on any atom is -0.477 e. The van der Waals surface area contributed by atoms with Crippen molar-refractivity contribution in [1.82, 2.24) is 9.13 Å². The molecular weight excluding hydrogens is 424 g/mol. The third-order valence-corrected chi connectivity index (χ3v) is 5.45. The van der Waals surface area contributed by atoms with Gasteiger partial charge in [-0.3, -0.25) is 9.13 Å². The van der Waals surface area contributed by atoms with Crippen molar-refractivity contribution in [1.29, 1.82) is 0 Å². The van der Waals surface area contributed by atoms with E-state index < -0.39 is 12.1 Å². The summed E-state index contributed by atoms with van der Waals surface area (Å²) >= 11 is 0. The molecule has 1 aromatic heterocycles. The van der Waals surface area contributed by atoms with E-state index >= 15 is 0 Å². The van der Waals surface area contributed by atoms with E-state index in [1.807, 2.05) is 38.1 Å². The van der Waals surface area contributed by atoms with Crippen molar-refractivity contribution in [3.8, 4) is 16.9 Å². The summed E-state index contributed by atoms with van der Waals surface area (Å²) in [4.78, 5) is 36.1. The highest BCUT2D eigenvalue weighted by atomic mass is 16.7. The number of aromatic nitrogens is 2. The Bertz CT molecular complexity index is 1190. The fourth-order valence-corrected chi connectivity index (χ4v) is 3.92. The molecule has 8 heteroatoms. The molecule has 0 spiro atoms. The number of rotatable bonds is 10. The Morgan fingerprint density at radius 2 is 1.64 bits per heavy atom. The minimum absolute atomic E-state index is 0.0756. The van der Waals surface area contributed by atoms with Crippen molar-refractivity contribution < 1.29 is 24.5 Å². The minimum atomic E-state index is -1.39. The molecule has 0 unspecified atom stereocenters. The van der Waals surface area contributed by atoms with Crippen LogP contribution >= 0.6 is 0 Å². The number of benzene rings is 2. The number of para-hydroxylation sites is 1. The van der Waals surface area contributed by atoms with Crippen LogP contribution < -0.4 is 10.4 Å². The molecule has 8 nitrogen and oxygen atoms in total. The van der Waals surface area contributed by atoms with Gasteiger partial charge in [0.25, 0.3) is 0 Å². The maximum atomic E-state index is 13.1. The summed E-state index contributed by atoms with van der Waals surface area (Å²) in [5.41, 5.74) is 2.53. The molecule has 2 N–H and O–H groups in total. The number of carboxylic acid groups (broad SMARTS) is 2. The molecular formula is C25H28N2O6. The zero-order valence-corrected chi connectivity index (χ0v) is 18.8. The summed E-state index contributed by atoms with van der Waals surface area (Å²) in [6.07, 6.45) is 1.41. The maximum absolute atomic E-state index is 13.1. The number of carboxylic acids is 1. The third-order valence-electron chi connectivity index (χ3n) is 5.45. The lowest BCUT2D eigenvalue weighted by atomic mass is 10.0. The average Bonchev–Trinajstić information content (AvgIpc) is 3.04. The second-order valence-corrected chi connectivity index (χ2v) is 7.79. The zero-order valence-electron chi connectivity index (χ0n) is 18.8. The van der Waals surface area contributed by atoms with E-state index in [1.165, 1.54) is 4.57 Å². The van der Waals surface area contributed by atoms with Crippen molar-refractivity contribution in [3.63, 3.8) is 0 Å². The van der Waals surface area contributed by atoms with Crippen LogP contribution in [0.1, 0.15) is 54.9 Å². The second-order valence-electron chi connectivity index (χ2n) is 7.79. The van der Waals surface area contributed by atoms with Gasteiger partial charge in [0, 0.05) is 12.1 Å². The monoisotopic (exact) mass is 452 g/mol. The van der Waals surface area contributed by atoms with E-state index in [9.17, 15) is 19.5 Å². The Labute approximate surface area is 191 Å². The third kappa shape index (κ3) is 5.34. The zero-order chi connectivity index (χ0) is 24.0. The lowest BCUT2D eigenvalue weighted by Crippen LogP contribution is -2.26. The maximum Gasteiger partial charge on any atom is 0.511 e.